The first-order valence-corrected chi connectivity index (χ1v) is 2.35. The van der Waals surface area contributed by atoms with Gasteiger partial charge in [0, 0.05) is 21.7 Å². The molecule has 0 aromatic carbocycles. The zero-order valence-corrected chi connectivity index (χ0v) is 11.1. The van der Waals surface area contributed by atoms with Crippen molar-refractivity contribution >= 4 is 7.82 Å². The zero-order chi connectivity index (χ0) is 4.50. The van der Waals surface area contributed by atoms with E-state index in [0.717, 1.165) is 0 Å². The number of hydrogen-bond donors (Lipinski definition) is 3. The van der Waals surface area contributed by atoms with Crippen molar-refractivity contribution in [2.75, 3.05) is 0 Å². The quantitative estimate of drug-likeness (QED) is 0.295. The summed E-state index contributed by atoms with van der Waals surface area (Å²) in [5.74, 6) is 0. The first-order chi connectivity index (χ1) is 2.00. The number of hydrogen-bond acceptors (Lipinski definition) is 1. The second kappa shape index (κ2) is 6.75. The van der Waals surface area contributed by atoms with Crippen molar-refractivity contribution in [1.29, 1.82) is 0 Å². The van der Waals surface area contributed by atoms with Crippen molar-refractivity contribution in [1.82, 2.24) is 0 Å². The fraction of sp³-hybridized carbons (Fsp3) is 0. The third-order valence-electron chi connectivity index (χ3n) is 0. The van der Waals surface area contributed by atoms with Crippen molar-refractivity contribution in [2.45, 2.75) is 0 Å². The van der Waals surface area contributed by atoms with Crippen LogP contribution in [0, 0.1) is 0 Å². The van der Waals surface area contributed by atoms with Crippen LogP contribution in [0.5, 0.6) is 0 Å². The van der Waals surface area contributed by atoms with Gasteiger partial charge in [0.15, 0.2) is 0 Å². The van der Waals surface area contributed by atoms with Crippen LogP contribution in [0.4, 0.5) is 0 Å². The largest absolute Gasteiger partial charge is 1.00 e. The van der Waals surface area contributed by atoms with Gasteiger partial charge in [-0.25, -0.2) is 4.57 Å². The van der Waals surface area contributed by atoms with Gasteiger partial charge in [0.2, 0.25) is 0 Å². The molecule has 0 aliphatic carbocycles. The van der Waals surface area contributed by atoms with Gasteiger partial charge in [-0.15, -0.1) is 0 Å². The van der Waals surface area contributed by atoms with Crippen LogP contribution in [-0.4, -0.2) is 14.7 Å². The van der Waals surface area contributed by atoms with Crippen molar-refractivity contribution in [3.05, 3.63) is 0 Å². The molecule has 0 saturated heterocycles. The molecule has 0 spiro atoms. The van der Waals surface area contributed by atoms with E-state index in [1.165, 1.54) is 0 Å². The monoisotopic (exact) mass is 232 g/mol. The Labute approximate surface area is 106 Å². The Hall–Kier alpha value is 2.63. The van der Waals surface area contributed by atoms with Gasteiger partial charge in [0.1, 0.15) is 0 Å². The molecule has 0 heterocycles. The van der Waals surface area contributed by atoms with Gasteiger partial charge >= 0.3 is 66.0 Å². The maximum atomic E-state index is 8.88. The van der Waals surface area contributed by atoms with E-state index in [2.05, 4.69) is 0 Å². The Morgan fingerprint density at radius 3 is 1.29 bits per heavy atom. The van der Waals surface area contributed by atoms with E-state index in [9.17, 15) is 0 Å². The molecule has 3 N–H and O–H groups in total. The Morgan fingerprint density at radius 2 is 1.29 bits per heavy atom. The van der Waals surface area contributed by atoms with E-state index in [4.69, 9.17) is 19.2 Å². The molecule has 0 aromatic heterocycles. The number of rotatable bonds is 0. The van der Waals surface area contributed by atoms with E-state index >= 15 is 0 Å². The van der Waals surface area contributed by atoms with Gasteiger partial charge in [0.25, 0.3) is 0 Å². The molecule has 0 rings (SSSR count). The van der Waals surface area contributed by atoms with Crippen LogP contribution < -0.4 is 58.2 Å². The van der Waals surface area contributed by atoms with E-state index < -0.39 is 7.82 Å². The fourth-order valence-corrected chi connectivity index (χ4v) is 0. The number of phosphoric acid groups is 1. The summed E-state index contributed by atoms with van der Waals surface area (Å²) in [7, 11) is -4.64. The third-order valence-corrected chi connectivity index (χ3v) is 0. The molecule has 0 atom stereocenters. The second-order valence-corrected chi connectivity index (χ2v) is 1.54. The molecule has 4 nitrogen and oxygen atoms in total. The van der Waals surface area contributed by atoms with E-state index in [1.807, 2.05) is 0 Å². The van der Waals surface area contributed by atoms with Gasteiger partial charge in [-0.3, -0.25) is 0 Å². The summed E-state index contributed by atoms with van der Waals surface area (Å²) < 4.78 is 8.88. The minimum Gasteiger partial charge on any atom is -1.00 e. The molecule has 0 bridgehead atoms. The van der Waals surface area contributed by atoms with Crippen LogP contribution in [0.3, 0.4) is 0 Å². The van der Waals surface area contributed by atoms with Crippen molar-refractivity contribution < 1.29 is 101 Å². The van der Waals surface area contributed by atoms with Gasteiger partial charge in [0.05, 0.1) is 0 Å². The summed E-state index contributed by atoms with van der Waals surface area (Å²) in [4.78, 5) is 21.6. The summed E-state index contributed by atoms with van der Waals surface area (Å²) in [5, 5.41) is 0. The molecular formula is H4O4PRbTi. The van der Waals surface area contributed by atoms with Gasteiger partial charge in [-0.1, -0.05) is 0 Å². The summed E-state index contributed by atoms with van der Waals surface area (Å²) in [6.45, 7) is 0. The zero-order valence-electron chi connectivity index (χ0n) is 4.70. The predicted octanol–water partition coefficient (Wildman–Crippen LogP) is -3.81. The molecule has 0 unspecified atom stereocenters. The van der Waals surface area contributed by atoms with Crippen molar-refractivity contribution in [2.24, 2.45) is 0 Å². The van der Waals surface area contributed by atoms with Crippen LogP contribution in [0.1, 0.15) is 1.43 Å². The maximum Gasteiger partial charge on any atom is 1.00 e. The van der Waals surface area contributed by atoms with Crippen LogP contribution in [0.25, 0.3) is 0 Å². The SMILES string of the molecule is O=P(O)(O)O.[H-].[Rb+].[Ti]. The molecule has 0 amide bonds. The molecule has 0 fully saturated rings. The minimum atomic E-state index is -4.64. The molecule has 7 heteroatoms. The molecule has 0 aliphatic rings. The average molecular weight is 232 g/mol. The van der Waals surface area contributed by atoms with Crippen molar-refractivity contribution in [3.8, 4) is 0 Å². The van der Waals surface area contributed by atoms with E-state index in [-0.39, 0.29) is 81.3 Å². The third kappa shape index (κ3) is 54.9. The van der Waals surface area contributed by atoms with E-state index in [1.54, 1.807) is 0 Å². The summed E-state index contributed by atoms with van der Waals surface area (Å²) in [6, 6.07) is 0. The molecule has 0 aliphatic heterocycles. The Bertz CT molecular complexity index is 62.2. The van der Waals surface area contributed by atoms with Crippen LogP contribution in [0.15, 0.2) is 0 Å². The van der Waals surface area contributed by atoms with Crippen LogP contribution in [-0.2, 0) is 26.3 Å². The second-order valence-electron chi connectivity index (χ2n) is 0.513. The summed E-state index contributed by atoms with van der Waals surface area (Å²) in [5.41, 5.74) is 0. The van der Waals surface area contributed by atoms with Gasteiger partial charge < -0.3 is 16.1 Å². The minimum absolute atomic E-state index is 0. The Balaban J connectivity index is -0.0000000267. The summed E-state index contributed by atoms with van der Waals surface area (Å²) >= 11 is 0. The van der Waals surface area contributed by atoms with E-state index in [0.29, 0.717) is 0 Å². The molecule has 0 aromatic rings. The Kier molecular flexibility index (Phi) is 15.7. The predicted molar refractivity (Wildman–Crippen MR) is 15.4 cm³/mol. The first kappa shape index (κ1) is 16.3. The van der Waals surface area contributed by atoms with Crippen LogP contribution >= 0.6 is 7.82 Å². The topological polar surface area (TPSA) is 77.8 Å². The van der Waals surface area contributed by atoms with Crippen LogP contribution in [0.2, 0.25) is 0 Å². The molecule has 0 saturated carbocycles. The molecule has 7 heavy (non-hydrogen) atoms. The smallest absolute Gasteiger partial charge is 1.00 e. The average Bonchev–Trinajstić information content (AvgIpc) is 0.722. The summed E-state index contributed by atoms with van der Waals surface area (Å²) in [6.07, 6.45) is 0. The Morgan fingerprint density at radius 1 is 1.29 bits per heavy atom. The molecule has 0 radical (unpaired) electrons. The van der Waals surface area contributed by atoms with Crippen molar-refractivity contribution in [3.63, 3.8) is 0 Å². The maximum absolute atomic E-state index is 8.88. The van der Waals surface area contributed by atoms with Gasteiger partial charge in [-0.05, 0) is 0 Å². The fourth-order valence-electron chi connectivity index (χ4n) is 0. The molecule has 38 valence electrons. The standard InChI is InChI=1S/H3O4P.Rb.Ti.H/c1-5(2,3)4;;;/h(H3,1,2,3,4);;;/q;+1;;-1. The normalized spacial score (nSPS) is 8.43. The first-order valence-electron chi connectivity index (χ1n) is 0.783. The van der Waals surface area contributed by atoms with Gasteiger partial charge in [-0.2, -0.15) is 0 Å². The molecular weight excluding hydrogens is 228 g/mol.